The van der Waals surface area contributed by atoms with Gasteiger partial charge in [-0.2, -0.15) is 8.42 Å². The summed E-state index contributed by atoms with van der Waals surface area (Å²) in [5.41, 5.74) is 0.167. The number of carbonyl (C=O) groups excluding carboxylic acids is 1. The lowest BCUT2D eigenvalue weighted by molar-refractivity contribution is 0.0824. The Bertz CT molecular complexity index is 783. The van der Waals surface area contributed by atoms with Crippen LogP contribution in [0.5, 0.6) is 5.75 Å². The molecule has 0 spiro atoms. The fourth-order valence-electron chi connectivity index (χ4n) is 1.72. The predicted molar refractivity (Wildman–Crippen MR) is 80.5 cm³/mol. The molecule has 2 rings (SSSR count). The number of phenolic OH excluding ortho intramolecular Hbond substituents is 1. The van der Waals surface area contributed by atoms with Gasteiger partial charge in [-0.1, -0.05) is 6.07 Å². The third-order valence-corrected chi connectivity index (χ3v) is 3.54. The largest absolute Gasteiger partial charge is 0.505 e. The Kier molecular flexibility index (Phi) is 4.04. The van der Waals surface area contributed by atoms with Crippen molar-refractivity contribution in [2.75, 3.05) is 26.5 Å². The van der Waals surface area contributed by atoms with Gasteiger partial charge in [0.05, 0.1) is 18.4 Å². The second kappa shape index (κ2) is 5.64. The molecule has 9 nitrogen and oxygen atoms in total. The zero-order chi connectivity index (χ0) is 16.5. The molecule has 1 amide bonds. The molecule has 0 aromatic heterocycles. The number of carbonyl (C=O) groups is 1. The molecule has 0 saturated heterocycles. The molecule has 0 fully saturated rings. The summed E-state index contributed by atoms with van der Waals surface area (Å²) < 4.78 is 34.1. The Balaban J connectivity index is 2.38. The van der Waals surface area contributed by atoms with Crippen molar-refractivity contribution in [2.45, 2.75) is 0 Å². The van der Waals surface area contributed by atoms with Crippen molar-refractivity contribution in [2.24, 2.45) is 8.80 Å². The van der Waals surface area contributed by atoms with E-state index in [4.69, 9.17) is 4.74 Å². The number of hydrogen-bond acceptors (Lipinski definition) is 6. The lowest BCUT2D eigenvalue weighted by atomic mass is 10.1. The first-order chi connectivity index (χ1) is 10.2. The Hall–Kier alpha value is -2.62. The molecular formula is C12H14N4O5S. The number of para-hydroxylation sites is 1. The van der Waals surface area contributed by atoms with E-state index in [1.807, 2.05) is 0 Å². The monoisotopic (exact) mass is 326 g/mol. The van der Waals surface area contributed by atoms with Crippen molar-refractivity contribution in [3.8, 4) is 5.75 Å². The second-order valence-electron chi connectivity index (χ2n) is 4.51. The molecule has 1 heterocycles. The van der Waals surface area contributed by atoms with E-state index in [2.05, 4.69) is 14.1 Å². The summed E-state index contributed by atoms with van der Waals surface area (Å²) in [6.45, 7) is 0. The summed E-state index contributed by atoms with van der Waals surface area (Å²) >= 11 is 0. The first-order valence-corrected chi connectivity index (χ1v) is 7.44. The highest BCUT2D eigenvalue weighted by molar-refractivity contribution is 7.89. The summed E-state index contributed by atoms with van der Waals surface area (Å²) in [7, 11) is 0.334. The maximum absolute atomic E-state index is 11.9. The van der Waals surface area contributed by atoms with Gasteiger partial charge in [-0.25, -0.2) is 0 Å². The van der Waals surface area contributed by atoms with Gasteiger partial charge in [0.2, 0.25) is 5.84 Å². The van der Waals surface area contributed by atoms with Gasteiger partial charge in [0.15, 0.2) is 5.75 Å². The minimum Gasteiger partial charge on any atom is -0.505 e. The van der Waals surface area contributed by atoms with Crippen LogP contribution >= 0.6 is 0 Å². The van der Waals surface area contributed by atoms with Gasteiger partial charge < -0.3 is 20.1 Å². The van der Waals surface area contributed by atoms with Crippen LogP contribution < -0.4 is 5.32 Å². The summed E-state index contributed by atoms with van der Waals surface area (Å²) in [5.74, 6) is -1.14. The Morgan fingerprint density at radius 2 is 2.00 bits per heavy atom. The molecule has 0 saturated carbocycles. The highest BCUT2D eigenvalue weighted by Crippen LogP contribution is 2.28. The van der Waals surface area contributed by atoms with Crippen LogP contribution in [0.4, 0.5) is 5.69 Å². The summed E-state index contributed by atoms with van der Waals surface area (Å²) in [5, 5.41) is 12.8. The minimum absolute atomic E-state index is 0.0624. The Morgan fingerprint density at radius 3 is 2.59 bits per heavy atom. The molecule has 0 atom stereocenters. The van der Waals surface area contributed by atoms with E-state index >= 15 is 0 Å². The average molecular weight is 326 g/mol. The van der Waals surface area contributed by atoms with E-state index in [1.165, 1.54) is 30.2 Å². The smallest absolute Gasteiger partial charge is 0.368 e. The number of aromatic hydroxyl groups is 1. The van der Waals surface area contributed by atoms with Crippen molar-refractivity contribution in [1.29, 1.82) is 0 Å². The maximum atomic E-state index is 11.9. The number of benzene rings is 1. The minimum atomic E-state index is -4.00. The fourth-order valence-corrected chi connectivity index (χ4v) is 2.48. The zero-order valence-electron chi connectivity index (χ0n) is 12.1. The highest BCUT2D eigenvalue weighted by atomic mass is 32.2. The van der Waals surface area contributed by atoms with Gasteiger partial charge in [0, 0.05) is 14.1 Å². The van der Waals surface area contributed by atoms with Crippen LogP contribution in [-0.2, 0) is 14.9 Å². The van der Waals surface area contributed by atoms with Crippen LogP contribution in [0.1, 0.15) is 10.4 Å². The van der Waals surface area contributed by atoms with Crippen LogP contribution in [0, 0.1) is 0 Å². The average Bonchev–Trinajstić information content (AvgIpc) is 2.74. The van der Waals surface area contributed by atoms with Gasteiger partial charge in [-0.15, -0.1) is 8.80 Å². The van der Waals surface area contributed by atoms with Gasteiger partial charge in [0.25, 0.3) is 11.8 Å². The molecular weight excluding hydrogens is 312 g/mol. The van der Waals surface area contributed by atoms with E-state index in [0.29, 0.717) is 0 Å². The van der Waals surface area contributed by atoms with Gasteiger partial charge in [-0.05, 0) is 12.1 Å². The number of methoxy groups -OCH3 is 1. The normalized spacial score (nSPS) is 15.8. The second-order valence-corrected chi connectivity index (χ2v) is 5.78. The lowest BCUT2D eigenvalue weighted by Crippen LogP contribution is -2.24. The standard InChI is InChI=1S/C12H14N4O5S/c1-16(2)12(18)7-5-4-6-8(9(7)17)13-10-11(21-3)15-22(19,20)14-10/h4-6,17H,1-3H3,(H,13,14). The van der Waals surface area contributed by atoms with Crippen LogP contribution in [-0.4, -0.2) is 57.3 Å². The zero-order valence-corrected chi connectivity index (χ0v) is 12.9. The third-order valence-electron chi connectivity index (χ3n) is 2.73. The third kappa shape index (κ3) is 3.01. The van der Waals surface area contributed by atoms with E-state index in [0.717, 1.165) is 0 Å². The molecule has 0 bridgehead atoms. The number of phenols is 1. The van der Waals surface area contributed by atoms with Crippen molar-refractivity contribution >= 4 is 33.5 Å². The fraction of sp³-hybridized carbons (Fsp3) is 0.250. The Labute approximate surface area is 127 Å². The van der Waals surface area contributed by atoms with Crippen LogP contribution in [0.3, 0.4) is 0 Å². The number of ether oxygens (including phenoxy) is 1. The van der Waals surface area contributed by atoms with Gasteiger partial charge >= 0.3 is 10.2 Å². The molecule has 0 radical (unpaired) electrons. The van der Waals surface area contributed by atoms with Crippen LogP contribution in [0.15, 0.2) is 27.0 Å². The number of hydrogen-bond donors (Lipinski definition) is 2. The van der Waals surface area contributed by atoms with Crippen molar-refractivity contribution in [3.63, 3.8) is 0 Å². The lowest BCUT2D eigenvalue weighted by Gasteiger charge is -2.14. The number of nitrogens with one attached hydrogen (secondary N) is 1. The number of amides is 1. The van der Waals surface area contributed by atoms with E-state index < -0.39 is 16.1 Å². The first kappa shape index (κ1) is 15.8. The SMILES string of the molecule is COC1=NS(=O)(=O)N=C1Nc1cccc(C(=O)N(C)C)c1O. The molecule has 1 aromatic rings. The number of rotatable bonds is 2. The molecule has 118 valence electrons. The molecule has 10 heteroatoms. The van der Waals surface area contributed by atoms with Gasteiger partial charge in [0.1, 0.15) is 0 Å². The van der Waals surface area contributed by atoms with E-state index in [1.54, 1.807) is 14.1 Å². The van der Waals surface area contributed by atoms with Crippen molar-refractivity contribution in [3.05, 3.63) is 23.8 Å². The molecule has 1 aliphatic rings. The molecule has 1 aromatic carbocycles. The summed E-state index contributed by atoms with van der Waals surface area (Å²) in [6.07, 6.45) is 0. The van der Waals surface area contributed by atoms with Crippen molar-refractivity contribution < 1.29 is 23.1 Å². The van der Waals surface area contributed by atoms with Crippen molar-refractivity contribution in [1.82, 2.24) is 4.90 Å². The molecule has 2 N–H and O–H groups in total. The molecule has 22 heavy (non-hydrogen) atoms. The molecule has 0 unspecified atom stereocenters. The maximum Gasteiger partial charge on any atom is 0.368 e. The van der Waals surface area contributed by atoms with Crippen LogP contribution in [0.25, 0.3) is 0 Å². The quantitative estimate of drug-likeness (QED) is 0.749. The summed E-state index contributed by atoms with van der Waals surface area (Å²) in [6, 6.07) is 4.44. The molecule has 0 aliphatic carbocycles. The number of amidine groups is 1. The van der Waals surface area contributed by atoms with Crippen LogP contribution in [0.2, 0.25) is 0 Å². The topological polar surface area (TPSA) is 121 Å². The predicted octanol–water partition coefficient (Wildman–Crippen LogP) is 0.208. The van der Waals surface area contributed by atoms with Gasteiger partial charge in [-0.3, -0.25) is 4.79 Å². The Morgan fingerprint density at radius 1 is 1.32 bits per heavy atom. The van der Waals surface area contributed by atoms with E-state index in [-0.39, 0.29) is 28.7 Å². The number of nitrogens with zero attached hydrogens (tertiary/aromatic N) is 3. The number of anilines is 1. The van der Waals surface area contributed by atoms with E-state index in [9.17, 15) is 18.3 Å². The highest BCUT2D eigenvalue weighted by Gasteiger charge is 2.26. The molecule has 1 aliphatic heterocycles. The summed E-state index contributed by atoms with van der Waals surface area (Å²) in [4.78, 5) is 13.2. The first-order valence-electron chi connectivity index (χ1n) is 6.05.